The van der Waals surface area contributed by atoms with Crippen LogP contribution in [0.4, 0.5) is 0 Å². The number of amides is 1. The van der Waals surface area contributed by atoms with Crippen LogP contribution in [0, 0.1) is 6.92 Å². The fourth-order valence-corrected chi connectivity index (χ4v) is 3.70. The predicted octanol–water partition coefficient (Wildman–Crippen LogP) is 3.77. The Labute approximate surface area is 140 Å². The maximum Gasteiger partial charge on any atom is 0.233 e. The first-order valence-electron chi connectivity index (χ1n) is 7.13. The van der Waals surface area contributed by atoms with Gasteiger partial charge < -0.3 is 4.90 Å². The lowest BCUT2D eigenvalue weighted by Crippen LogP contribution is -2.45. The topological polar surface area (TPSA) is 46.1 Å². The molecule has 0 unspecified atom stereocenters. The van der Waals surface area contributed by atoms with Gasteiger partial charge in [0.1, 0.15) is 5.01 Å². The van der Waals surface area contributed by atoms with Gasteiger partial charge in [-0.15, -0.1) is 10.2 Å². The van der Waals surface area contributed by atoms with E-state index in [4.69, 9.17) is 0 Å². The second-order valence-corrected chi connectivity index (χ2v) is 8.42. The molecule has 0 N–H and O–H groups in total. The molecule has 2 aromatic rings. The van der Waals surface area contributed by atoms with E-state index in [0.29, 0.717) is 12.3 Å². The lowest BCUT2D eigenvalue weighted by Gasteiger charge is -2.36. The summed E-state index contributed by atoms with van der Waals surface area (Å²) in [5, 5.41) is 8.96. The third-order valence-electron chi connectivity index (χ3n) is 3.12. The Morgan fingerprint density at radius 1 is 1.23 bits per heavy atom. The van der Waals surface area contributed by atoms with Crippen LogP contribution < -0.4 is 0 Å². The van der Waals surface area contributed by atoms with Crippen LogP contribution in [-0.2, 0) is 11.3 Å². The van der Waals surface area contributed by atoms with E-state index in [-0.39, 0.29) is 11.4 Å². The number of thioether (sulfide) groups is 1. The number of rotatable bonds is 5. The van der Waals surface area contributed by atoms with Crippen molar-refractivity contribution in [2.45, 2.75) is 44.1 Å². The van der Waals surface area contributed by atoms with Crippen LogP contribution in [0.5, 0.6) is 0 Å². The monoisotopic (exact) mass is 335 g/mol. The second kappa shape index (κ2) is 7.24. The van der Waals surface area contributed by atoms with Crippen LogP contribution in [0.2, 0.25) is 0 Å². The summed E-state index contributed by atoms with van der Waals surface area (Å²) < 4.78 is 0.847. The van der Waals surface area contributed by atoms with Crippen molar-refractivity contribution in [3.8, 4) is 0 Å². The molecule has 0 spiro atoms. The minimum Gasteiger partial charge on any atom is -0.333 e. The summed E-state index contributed by atoms with van der Waals surface area (Å²) in [5.41, 5.74) is 0.924. The quantitative estimate of drug-likeness (QED) is 0.780. The van der Waals surface area contributed by atoms with Crippen LogP contribution in [0.15, 0.2) is 34.7 Å². The Hall–Kier alpha value is -1.40. The largest absolute Gasteiger partial charge is 0.333 e. The molecule has 4 nitrogen and oxygen atoms in total. The first kappa shape index (κ1) is 17.0. The molecule has 0 radical (unpaired) electrons. The Balaban J connectivity index is 2.03. The first-order valence-corrected chi connectivity index (χ1v) is 8.94. The minimum atomic E-state index is -0.218. The molecule has 2 rings (SSSR count). The number of carbonyl (C=O) groups excluding carboxylic acids is 1. The van der Waals surface area contributed by atoms with E-state index < -0.39 is 0 Å². The molecule has 118 valence electrons. The van der Waals surface area contributed by atoms with Gasteiger partial charge in [-0.3, -0.25) is 4.79 Å². The smallest absolute Gasteiger partial charge is 0.233 e. The van der Waals surface area contributed by atoms with Gasteiger partial charge in [0.2, 0.25) is 5.91 Å². The van der Waals surface area contributed by atoms with Crippen molar-refractivity contribution < 1.29 is 4.79 Å². The molecular weight excluding hydrogens is 314 g/mol. The average molecular weight is 335 g/mol. The lowest BCUT2D eigenvalue weighted by atomic mass is 10.0. The molecule has 0 bridgehead atoms. The molecule has 0 atom stereocenters. The molecular formula is C16H21N3OS2. The molecule has 1 aromatic heterocycles. The molecule has 0 aliphatic rings. The number of aryl methyl sites for hydroxylation is 1. The summed E-state index contributed by atoms with van der Waals surface area (Å²) in [5.74, 6) is 0.507. The zero-order valence-corrected chi connectivity index (χ0v) is 15.0. The van der Waals surface area contributed by atoms with E-state index in [0.717, 1.165) is 14.9 Å². The van der Waals surface area contributed by atoms with Gasteiger partial charge in [0.05, 0.1) is 5.75 Å². The molecule has 6 heteroatoms. The molecule has 1 aromatic carbocycles. The van der Waals surface area contributed by atoms with Crippen molar-refractivity contribution in [1.29, 1.82) is 0 Å². The van der Waals surface area contributed by atoms with Crippen LogP contribution in [0.1, 0.15) is 31.3 Å². The Morgan fingerprint density at radius 3 is 2.45 bits per heavy atom. The zero-order valence-electron chi connectivity index (χ0n) is 13.4. The molecule has 0 saturated carbocycles. The van der Waals surface area contributed by atoms with Gasteiger partial charge in [-0.05, 0) is 33.3 Å². The molecule has 1 amide bonds. The Bertz CT molecular complexity index is 620. The summed E-state index contributed by atoms with van der Waals surface area (Å²) in [6.07, 6.45) is 0. The van der Waals surface area contributed by atoms with Crippen molar-refractivity contribution in [2.24, 2.45) is 0 Å². The summed E-state index contributed by atoms with van der Waals surface area (Å²) in [6, 6.07) is 10.1. The molecule has 0 aliphatic carbocycles. The zero-order chi connectivity index (χ0) is 16.2. The third-order valence-corrected chi connectivity index (χ3v) is 5.08. The standard InChI is InChI=1S/C16H21N3OS2/c1-12-17-18-15(22-12)21-11-14(20)19(16(2,3)4)10-13-8-6-5-7-9-13/h5-9H,10-11H2,1-4H3. The highest BCUT2D eigenvalue weighted by atomic mass is 32.2. The van der Waals surface area contributed by atoms with Crippen LogP contribution in [0.3, 0.4) is 0 Å². The van der Waals surface area contributed by atoms with E-state index in [1.807, 2.05) is 42.2 Å². The predicted molar refractivity (Wildman–Crippen MR) is 92.1 cm³/mol. The van der Waals surface area contributed by atoms with Gasteiger partial charge in [-0.2, -0.15) is 0 Å². The number of carbonyl (C=O) groups is 1. The SMILES string of the molecule is Cc1nnc(SCC(=O)N(Cc2ccccc2)C(C)(C)C)s1. The van der Waals surface area contributed by atoms with E-state index in [1.54, 1.807) is 0 Å². The van der Waals surface area contributed by atoms with Gasteiger partial charge in [0.25, 0.3) is 0 Å². The molecule has 0 saturated heterocycles. The van der Waals surface area contributed by atoms with Crippen molar-refractivity contribution in [3.63, 3.8) is 0 Å². The van der Waals surface area contributed by atoms with Gasteiger partial charge >= 0.3 is 0 Å². The summed E-state index contributed by atoms with van der Waals surface area (Å²) in [6.45, 7) is 8.73. The van der Waals surface area contributed by atoms with Crippen molar-refractivity contribution in [2.75, 3.05) is 5.75 Å². The Kier molecular flexibility index (Phi) is 5.58. The van der Waals surface area contributed by atoms with Crippen molar-refractivity contribution in [3.05, 3.63) is 40.9 Å². The summed E-state index contributed by atoms with van der Waals surface area (Å²) in [4.78, 5) is 14.6. The Morgan fingerprint density at radius 2 is 1.91 bits per heavy atom. The van der Waals surface area contributed by atoms with Gasteiger partial charge in [0, 0.05) is 12.1 Å². The molecule has 0 aliphatic heterocycles. The number of hydrogen-bond donors (Lipinski definition) is 0. The number of hydrogen-bond acceptors (Lipinski definition) is 5. The number of nitrogens with zero attached hydrogens (tertiary/aromatic N) is 3. The molecule has 1 heterocycles. The number of benzene rings is 1. The van der Waals surface area contributed by atoms with Gasteiger partial charge in [-0.1, -0.05) is 53.4 Å². The molecule has 0 fully saturated rings. The highest BCUT2D eigenvalue weighted by Crippen LogP contribution is 2.24. The highest BCUT2D eigenvalue weighted by molar-refractivity contribution is 8.01. The van der Waals surface area contributed by atoms with Gasteiger partial charge in [0.15, 0.2) is 4.34 Å². The highest BCUT2D eigenvalue weighted by Gasteiger charge is 2.26. The maximum absolute atomic E-state index is 12.6. The summed E-state index contributed by atoms with van der Waals surface area (Å²) in [7, 11) is 0. The first-order chi connectivity index (χ1) is 10.4. The average Bonchev–Trinajstić information content (AvgIpc) is 2.88. The summed E-state index contributed by atoms with van der Waals surface area (Å²) >= 11 is 2.98. The fourth-order valence-electron chi connectivity index (χ4n) is 2.00. The normalized spacial score (nSPS) is 11.5. The third kappa shape index (κ3) is 4.81. The minimum absolute atomic E-state index is 0.120. The lowest BCUT2D eigenvalue weighted by molar-refractivity contribution is -0.133. The van der Waals surface area contributed by atoms with E-state index in [9.17, 15) is 4.79 Å². The maximum atomic E-state index is 12.6. The van der Waals surface area contributed by atoms with Crippen LogP contribution in [-0.4, -0.2) is 32.3 Å². The van der Waals surface area contributed by atoms with Crippen LogP contribution in [0.25, 0.3) is 0 Å². The van der Waals surface area contributed by atoms with Crippen LogP contribution >= 0.6 is 23.1 Å². The van der Waals surface area contributed by atoms with E-state index >= 15 is 0 Å². The van der Waals surface area contributed by atoms with E-state index in [2.05, 4.69) is 31.0 Å². The van der Waals surface area contributed by atoms with Gasteiger partial charge in [-0.25, -0.2) is 0 Å². The second-order valence-electron chi connectivity index (χ2n) is 6.01. The molecule has 22 heavy (non-hydrogen) atoms. The number of aromatic nitrogens is 2. The fraction of sp³-hybridized carbons (Fsp3) is 0.438. The van der Waals surface area contributed by atoms with Crippen molar-refractivity contribution in [1.82, 2.24) is 15.1 Å². The van der Waals surface area contributed by atoms with E-state index in [1.165, 1.54) is 23.1 Å². The van der Waals surface area contributed by atoms with Crippen molar-refractivity contribution >= 4 is 29.0 Å².